The average Bonchev–Trinajstić information content (AvgIpc) is 3.31. The van der Waals surface area contributed by atoms with Gasteiger partial charge in [0.05, 0.1) is 12.6 Å². The SMILES string of the molecule is O=C(COc1ccc(OC(F)(F)F)cc1)NCc1nc(C(=O)NC2CCCc3ccccc32)cs1. The minimum Gasteiger partial charge on any atom is -0.484 e. The van der Waals surface area contributed by atoms with Crippen molar-refractivity contribution >= 4 is 23.2 Å². The van der Waals surface area contributed by atoms with Crippen molar-refractivity contribution in [2.75, 3.05) is 6.61 Å². The number of benzene rings is 2. The highest BCUT2D eigenvalue weighted by molar-refractivity contribution is 7.09. The molecule has 0 aliphatic heterocycles. The number of alkyl halides is 3. The third-order valence-electron chi connectivity index (χ3n) is 5.32. The Bertz CT molecular complexity index is 1180. The third kappa shape index (κ3) is 6.95. The summed E-state index contributed by atoms with van der Waals surface area (Å²) in [7, 11) is 0. The monoisotopic (exact) mass is 505 g/mol. The van der Waals surface area contributed by atoms with Gasteiger partial charge in [0.1, 0.15) is 22.2 Å². The quantitative estimate of drug-likeness (QED) is 0.469. The number of carbonyl (C=O) groups is 2. The molecular formula is C24H22F3N3O4S. The molecule has 184 valence electrons. The van der Waals surface area contributed by atoms with Crippen molar-refractivity contribution in [2.45, 2.75) is 38.2 Å². The largest absolute Gasteiger partial charge is 0.573 e. The van der Waals surface area contributed by atoms with E-state index in [1.165, 1.54) is 29.0 Å². The van der Waals surface area contributed by atoms with Crippen LogP contribution in [0.25, 0.3) is 0 Å². The second kappa shape index (κ2) is 10.8. The molecule has 0 saturated heterocycles. The molecule has 35 heavy (non-hydrogen) atoms. The summed E-state index contributed by atoms with van der Waals surface area (Å²) in [5.41, 5.74) is 2.68. The van der Waals surface area contributed by atoms with Crippen molar-refractivity contribution in [1.29, 1.82) is 0 Å². The first kappa shape index (κ1) is 24.5. The molecule has 1 atom stereocenters. The summed E-state index contributed by atoms with van der Waals surface area (Å²) in [6.07, 6.45) is -1.90. The van der Waals surface area contributed by atoms with Crippen LogP contribution >= 0.6 is 11.3 Å². The smallest absolute Gasteiger partial charge is 0.484 e. The van der Waals surface area contributed by atoms with Gasteiger partial charge in [0.25, 0.3) is 11.8 Å². The highest BCUT2D eigenvalue weighted by Gasteiger charge is 2.31. The zero-order chi connectivity index (χ0) is 24.8. The fraction of sp³-hybridized carbons (Fsp3) is 0.292. The normalized spacial score (nSPS) is 15.1. The number of carbonyl (C=O) groups excluding carboxylic acids is 2. The van der Waals surface area contributed by atoms with Gasteiger partial charge in [-0.1, -0.05) is 24.3 Å². The maximum atomic E-state index is 12.7. The summed E-state index contributed by atoms with van der Waals surface area (Å²) >= 11 is 1.25. The number of nitrogens with one attached hydrogen (secondary N) is 2. The molecule has 7 nitrogen and oxygen atoms in total. The lowest BCUT2D eigenvalue weighted by Gasteiger charge is -2.26. The standard InChI is InChI=1S/C24H22F3N3O4S/c25-24(26,27)34-17-10-8-16(9-11-17)33-13-21(31)28-12-22-29-20(14-35-22)23(32)30-19-7-3-5-15-4-1-2-6-18(15)19/h1-2,4,6,8-11,14,19H,3,5,7,12-13H2,(H,28,31)(H,30,32). The van der Waals surface area contributed by atoms with E-state index in [4.69, 9.17) is 4.74 Å². The second-order valence-corrected chi connectivity index (χ2v) is 8.77. The van der Waals surface area contributed by atoms with E-state index in [1.807, 2.05) is 18.2 Å². The molecule has 1 heterocycles. The first-order valence-corrected chi connectivity index (χ1v) is 11.7. The Morgan fingerprint density at radius 1 is 1.09 bits per heavy atom. The molecule has 3 aromatic rings. The van der Waals surface area contributed by atoms with Gasteiger partial charge in [-0.25, -0.2) is 4.98 Å². The van der Waals surface area contributed by atoms with Gasteiger partial charge in [0.15, 0.2) is 6.61 Å². The molecule has 1 aliphatic carbocycles. The van der Waals surface area contributed by atoms with Crippen molar-refractivity contribution < 1.29 is 32.2 Å². The Labute approximate surface area is 203 Å². The minimum absolute atomic E-state index is 0.0523. The second-order valence-electron chi connectivity index (χ2n) is 7.83. The van der Waals surface area contributed by atoms with Crippen molar-refractivity contribution in [1.82, 2.24) is 15.6 Å². The van der Waals surface area contributed by atoms with Crippen molar-refractivity contribution in [3.8, 4) is 11.5 Å². The predicted octanol–water partition coefficient (Wildman–Crippen LogP) is 4.54. The summed E-state index contributed by atoms with van der Waals surface area (Å²) in [6, 6.07) is 12.8. The van der Waals surface area contributed by atoms with Gasteiger partial charge in [-0.05, 0) is 54.7 Å². The van der Waals surface area contributed by atoms with E-state index in [0.717, 1.165) is 37.0 Å². The van der Waals surface area contributed by atoms with E-state index in [1.54, 1.807) is 5.38 Å². The van der Waals surface area contributed by atoms with Crippen LogP contribution in [0.4, 0.5) is 13.2 Å². The highest BCUT2D eigenvalue weighted by Crippen LogP contribution is 2.30. The van der Waals surface area contributed by atoms with Crippen LogP contribution in [0.15, 0.2) is 53.9 Å². The van der Waals surface area contributed by atoms with Gasteiger partial charge in [-0.15, -0.1) is 24.5 Å². The molecule has 0 radical (unpaired) electrons. The molecule has 2 amide bonds. The Kier molecular flexibility index (Phi) is 7.54. The minimum atomic E-state index is -4.78. The van der Waals surface area contributed by atoms with E-state index in [0.29, 0.717) is 10.7 Å². The van der Waals surface area contributed by atoms with Gasteiger partial charge in [-0.3, -0.25) is 9.59 Å². The fourth-order valence-corrected chi connectivity index (χ4v) is 4.46. The number of nitrogens with zero attached hydrogens (tertiary/aromatic N) is 1. The Morgan fingerprint density at radius 3 is 2.60 bits per heavy atom. The Hall–Kier alpha value is -3.60. The highest BCUT2D eigenvalue weighted by atomic mass is 32.1. The summed E-state index contributed by atoms with van der Waals surface area (Å²) in [5, 5.41) is 7.89. The number of aryl methyl sites for hydroxylation is 1. The summed E-state index contributed by atoms with van der Waals surface area (Å²) in [6.45, 7) is -0.218. The van der Waals surface area contributed by atoms with Crippen LogP contribution in [-0.4, -0.2) is 29.8 Å². The van der Waals surface area contributed by atoms with E-state index >= 15 is 0 Å². The van der Waals surface area contributed by atoms with Crippen molar-refractivity contribution in [3.05, 3.63) is 75.7 Å². The number of fused-ring (bicyclic) bond motifs is 1. The fourth-order valence-electron chi connectivity index (χ4n) is 3.74. The van der Waals surface area contributed by atoms with Gasteiger partial charge in [0.2, 0.25) is 0 Å². The molecule has 11 heteroatoms. The summed E-state index contributed by atoms with van der Waals surface area (Å²) < 4.78 is 45.6. The summed E-state index contributed by atoms with van der Waals surface area (Å²) in [4.78, 5) is 29.0. The van der Waals surface area contributed by atoms with Crippen LogP contribution in [0, 0.1) is 0 Å². The maximum Gasteiger partial charge on any atom is 0.573 e. The number of thiazole rings is 1. The first-order valence-electron chi connectivity index (χ1n) is 10.9. The van der Waals surface area contributed by atoms with Crippen LogP contribution in [0.2, 0.25) is 0 Å². The Morgan fingerprint density at radius 2 is 1.83 bits per heavy atom. The van der Waals surface area contributed by atoms with E-state index in [-0.39, 0.29) is 36.6 Å². The molecule has 1 aliphatic rings. The maximum absolute atomic E-state index is 12.7. The molecule has 0 fully saturated rings. The zero-order valence-electron chi connectivity index (χ0n) is 18.4. The number of aromatic nitrogens is 1. The number of hydrogen-bond acceptors (Lipinski definition) is 6. The molecule has 2 N–H and O–H groups in total. The summed E-state index contributed by atoms with van der Waals surface area (Å²) in [5.74, 6) is -0.875. The van der Waals surface area contributed by atoms with Gasteiger partial charge in [-0.2, -0.15) is 0 Å². The molecule has 0 spiro atoms. The average molecular weight is 506 g/mol. The van der Waals surface area contributed by atoms with E-state index < -0.39 is 12.3 Å². The van der Waals surface area contributed by atoms with E-state index in [2.05, 4.69) is 26.4 Å². The van der Waals surface area contributed by atoms with Gasteiger partial charge >= 0.3 is 6.36 Å². The zero-order valence-corrected chi connectivity index (χ0v) is 19.2. The number of hydrogen-bond donors (Lipinski definition) is 2. The van der Waals surface area contributed by atoms with Crippen LogP contribution < -0.4 is 20.1 Å². The molecule has 4 rings (SSSR count). The molecule has 0 saturated carbocycles. The molecule has 2 aromatic carbocycles. The van der Waals surface area contributed by atoms with Crippen LogP contribution in [0.1, 0.15) is 45.5 Å². The molecule has 0 bridgehead atoms. The Balaban J connectivity index is 1.23. The third-order valence-corrected chi connectivity index (χ3v) is 6.17. The molecule has 1 aromatic heterocycles. The van der Waals surface area contributed by atoms with Crippen molar-refractivity contribution in [3.63, 3.8) is 0 Å². The lowest BCUT2D eigenvalue weighted by atomic mass is 9.88. The lowest BCUT2D eigenvalue weighted by molar-refractivity contribution is -0.274. The number of ether oxygens (including phenoxy) is 2. The lowest BCUT2D eigenvalue weighted by Crippen LogP contribution is -2.31. The number of amides is 2. The van der Waals surface area contributed by atoms with Crippen LogP contribution in [-0.2, 0) is 17.8 Å². The van der Waals surface area contributed by atoms with Crippen molar-refractivity contribution in [2.24, 2.45) is 0 Å². The van der Waals surface area contributed by atoms with Crippen LogP contribution in [0.3, 0.4) is 0 Å². The number of halogens is 3. The topological polar surface area (TPSA) is 89.6 Å². The van der Waals surface area contributed by atoms with Crippen LogP contribution in [0.5, 0.6) is 11.5 Å². The first-order chi connectivity index (χ1) is 16.8. The number of rotatable bonds is 8. The van der Waals surface area contributed by atoms with E-state index in [9.17, 15) is 22.8 Å². The predicted molar refractivity (Wildman–Crippen MR) is 122 cm³/mol. The van der Waals surface area contributed by atoms with Gasteiger partial charge < -0.3 is 20.1 Å². The molecule has 1 unspecified atom stereocenters. The molecular weight excluding hydrogens is 483 g/mol. The van der Waals surface area contributed by atoms with Gasteiger partial charge in [0, 0.05) is 5.38 Å².